The van der Waals surface area contributed by atoms with Crippen molar-refractivity contribution in [1.29, 1.82) is 0 Å². The van der Waals surface area contributed by atoms with Crippen molar-refractivity contribution in [1.82, 2.24) is 9.97 Å². The van der Waals surface area contributed by atoms with E-state index in [1.54, 1.807) is 7.11 Å². The molecule has 1 aliphatic heterocycles. The number of nitrogens with zero attached hydrogens (tertiary/aromatic N) is 3. The zero-order valence-electron chi connectivity index (χ0n) is 13.9. The van der Waals surface area contributed by atoms with Crippen LogP contribution in [0.1, 0.15) is 45.9 Å². The summed E-state index contributed by atoms with van der Waals surface area (Å²) < 4.78 is 5.61. The van der Waals surface area contributed by atoms with Crippen molar-refractivity contribution in [3.05, 3.63) is 11.9 Å². The van der Waals surface area contributed by atoms with Crippen LogP contribution < -0.4 is 10.2 Å². The Bertz CT molecular complexity index is 464. The van der Waals surface area contributed by atoms with Gasteiger partial charge in [-0.2, -0.15) is 0 Å². The number of hydrogen-bond donors (Lipinski definition) is 1. The van der Waals surface area contributed by atoms with Crippen molar-refractivity contribution in [2.45, 2.75) is 46.1 Å². The van der Waals surface area contributed by atoms with Crippen LogP contribution in [0, 0.1) is 5.92 Å². The van der Waals surface area contributed by atoms with E-state index in [4.69, 9.17) is 9.72 Å². The van der Waals surface area contributed by atoms with Crippen molar-refractivity contribution >= 4 is 11.6 Å². The highest BCUT2D eigenvalue weighted by Gasteiger charge is 2.27. The van der Waals surface area contributed by atoms with Gasteiger partial charge >= 0.3 is 0 Å². The average Bonchev–Trinajstić information content (AvgIpc) is 2.47. The summed E-state index contributed by atoms with van der Waals surface area (Å²) in [6, 6.07) is 2.05. The maximum absolute atomic E-state index is 5.61. The molecule has 5 nitrogen and oxygen atoms in total. The van der Waals surface area contributed by atoms with Gasteiger partial charge in [0.05, 0.1) is 6.10 Å². The van der Waals surface area contributed by atoms with Crippen LogP contribution in [0.4, 0.5) is 11.6 Å². The summed E-state index contributed by atoms with van der Waals surface area (Å²) >= 11 is 0. The van der Waals surface area contributed by atoms with Crippen LogP contribution in [0.25, 0.3) is 0 Å². The monoisotopic (exact) mass is 292 g/mol. The lowest BCUT2D eigenvalue weighted by molar-refractivity contribution is 0.0496. The minimum Gasteiger partial charge on any atom is -0.379 e. The molecule has 2 heterocycles. The Morgan fingerprint density at radius 1 is 1.43 bits per heavy atom. The molecule has 0 aromatic carbocycles. The molecule has 2 rings (SSSR count). The standard InChI is InChI=1S/C16H28N4O/c1-6-17-14-9-15(19-16(18-14)11(2)3)20-8-7-12(4)13(10-20)21-5/h9,11-13H,6-8,10H2,1-5H3,(H,17,18,19). The van der Waals surface area contributed by atoms with Gasteiger partial charge in [0.25, 0.3) is 0 Å². The van der Waals surface area contributed by atoms with Crippen molar-refractivity contribution in [3.63, 3.8) is 0 Å². The fraction of sp³-hybridized carbons (Fsp3) is 0.750. The smallest absolute Gasteiger partial charge is 0.135 e. The Morgan fingerprint density at radius 3 is 2.81 bits per heavy atom. The molecule has 1 saturated heterocycles. The molecule has 1 aromatic heterocycles. The third-order valence-electron chi connectivity index (χ3n) is 4.12. The molecule has 21 heavy (non-hydrogen) atoms. The van der Waals surface area contributed by atoms with Crippen LogP contribution in [0.15, 0.2) is 6.07 Å². The van der Waals surface area contributed by atoms with Crippen LogP contribution >= 0.6 is 0 Å². The fourth-order valence-corrected chi connectivity index (χ4v) is 2.69. The average molecular weight is 292 g/mol. The zero-order chi connectivity index (χ0) is 15.4. The van der Waals surface area contributed by atoms with Crippen molar-refractivity contribution in [3.8, 4) is 0 Å². The molecule has 1 aliphatic rings. The molecular weight excluding hydrogens is 264 g/mol. The first kappa shape index (κ1) is 16.0. The van der Waals surface area contributed by atoms with Gasteiger partial charge in [0.1, 0.15) is 17.5 Å². The Labute approximate surface area is 128 Å². The van der Waals surface area contributed by atoms with Gasteiger partial charge in [-0.15, -0.1) is 0 Å². The Balaban J connectivity index is 2.25. The first-order valence-corrected chi connectivity index (χ1v) is 7.95. The van der Waals surface area contributed by atoms with E-state index in [1.807, 2.05) is 0 Å². The van der Waals surface area contributed by atoms with Gasteiger partial charge in [-0.25, -0.2) is 9.97 Å². The molecule has 0 amide bonds. The minimum atomic E-state index is 0.277. The summed E-state index contributed by atoms with van der Waals surface area (Å²) in [4.78, 5) is 11.7. The van der Waals surface area contributed by atoms with Gasteiger partial charge in [-0.1, -0.05) is 20.8 Å². The predicted octanol–water partition coefficient (Wildman–Crippen LogP) is 2.89. The molecule has 1 aromatic rings. The number of anilines is 2. The highest BCUT2D eigenvalue weighted by Crippen LogP contribution is 2.26. The van der Waals surface area contributed by atoms with Gasteiger partial charge < -0.3 is 15.0 Å². The lowest BCUT2D eigenvalue weighted by Gasteiger charge is -2.37. The quantitative estimate of drug-likeness (QED) is 0.904. The van der Waals surface area contributed by atoms with E-state index < -0.39 is 0 Å². The van der Waals surface area contributed by atoms with Crippen LogP contribution in [0.3, 0.4) is 0 Å². The van der Waals surface area contributed by atoms with Crippen LogP contribution in [-0.4, -0.2) is 42.8 Å². The molecule has 0 radical (unpaired) electrons. The van der Waals surface area contributed by atoms with Crippen LogP contribution in [0.5, 0.6) is 0 Å². The molecular formula is C16H28N4O. The van der Waals surface area contributed by atoms with Crippen LogP contribution in [0.2, 0.25) is 0 Å². The summed E-state index contributed by atoms with van der Waals surface area (Å²) in [5.41, 5.74) is 0. The number of piperidine rings is 1. The van der Waals surface area contributed by atoms with E-state index in [2.05, 4.69) is 49.0 Å². The molecule has 118 valence electrons. The highest BCUT2D eigenvalue weighted by atomic mass is 16.5. The SMILES string of the molecule is CCNc1cc(N2CCC(C)C(OC)C2)nc(C(C)C)n1. The van der Waals surface area contributed by atoms with E-state index >= 15 is 0 Å². The van der Waals surface area contributed by atoms with E-state index in [1.165, 1.54) is 0 Å². The summed E-state index contributed by atoms with van der Waals surface area (Å²) in [6.45, 7) is 11.4. The fourth-order valence-electron chi connectivity index (χ4n) is 2.69. The second-order valence-electron chi connectivity index (χ2n) is 6.14. The zero-order valence-corrected chi connectivity index (χ0v) is 13.9. The number of hydrogen-bond acceptors (Lipinski definition) is 5. The van der Waals surface area contributed by atoms with E-state index in [0.29, 0.717) is 11.8 Å². The maximum atomic E-state index is 5.61. The van der Waals surface area contributed by atoms with Gasteiger partial charge in [0.15, 0.2) is 0 Å². The molecule has 1 N–H and O–H groups in total. The number of rotatable bonds is 5. The topological polar surface area (TPSA) is 50.3 Å². The summed E-state index contributed by atoms with van der Waals surface area (Å²) in [7, 11) is 1.80. The highest BCUT2D eigenvalue weighted by molar-refractivity contribution is 5.50. The number of ether oxygens (including phenoxy) is 1. The molecule has 2 unspecified atom stereocenters. The third kappa shape index (κ3) is 3.84. The maximum Gasteiger partial charge on any atom is 0.135 e. The molecule has 0 aliphatic carbocycles. The summed E-state index contributed by atoms with van der Waals surface area (Å²) in [5, 5.41) is 3.31. The van der Waals surface area contributed by atoms with Gasteiger partial charge in [0.2, 0.25) is 0 Å². The molecule has 1 fully saturated rings. The Kier molecular flexibility index (Phi) is 5.39. The van der Waals surface area contributed by atoms with Crippen LogP contribution in [-0.2, 0) is 4.74 Å². The first-order valence-electron chi connectivity index (χ1n) is 7.95. The number of aromatic nitrogens is 2. The summed E-state index contributed by atoms with van der Waals surface area (Å²) in [5.74, 6) is 3.75. The van der Waals surface area contributed by atoms with E-state index in [9.17, 15) is 0 Å². The predicted molar refractivity (Wildman–Crippen MR) is 87.1 cm³/mol. The van der Waals surface area contributed by atoms with Gasteiger partial charge in [-0.3, -0.25) is 0 Å². The largest absolute Gasteiger partial charge is 0.379 e. The Hall–Kier alpha value is -1.36. The van der Waals surface area contributed by atoms with Gasteiger partial charge in [0, 0.05) is 38.7 Å². The second kappa shape index (κ2) is 7.07. The third-order valence-corrected chi connectivity index (χ3v) is 4.12. The van der Waals surface area contributed by atoms with Gasteiger partial charge in [-0.05, 0) is 19.3 Å². The van der Waals surface area contributed by atoms with Crippen molar-refractivity contribution in [2.24, 2.45) is 5.92 Å². The minimum absolute atomic E-state index is 0.277. The lowest BCUT2D eigenvalue weighted by Crippen LogP contribution is -2.44. The van der Waals surface area contributed by atoms with Crippen molar-refractivity contribution < 1.29 is 4.74 Å². The summed E-state index contributed by atoms with van der Waals surface area (Å²) in [6.07, 6.45) is 1.41. The number of nitrogens with one attached hydrogen (secondary N) is 1. The molecule has 2 atom stereocenters. The second-order valence-corrected chi connectivity index (χ2v) is 6.14. The molecule has 0 spiro atoms. The molecule has 5 heteroatoms. The first-order chi connectivity index (χ1) is 10.0. The van der Waals surface area contributed by atoms with E-state index in [-0.39, 0.29) is 6.10 Å². The lowest BCUT2D eigenvalue weighted by atomic mass is 9.96. The Morgan fingerprint density at radius 2 is 2.19 bits per heavy atom. The molecule has 0 bridgehead atoms. The number of methoxy groups -OCH3 is 1. The normalized spacial score (nSPS) is 22.7. The van der Waals surface area contributed by atoms with Crippen molar-refractivity contribution in [2.75, 3.05) is 37.0 Å². The van der Waals surface area contributed by atoms with E-state index in [0.717, 1.165) is 43.5 Å². The molecule has 0 saturated carbocycles.